The summed E-state index contributed by atoms with van der Waals surface area (Å²) in [4.78, 5) is 13.6. The number of amides is 1. The van der Waals surface area contributed by atoms with Gasteiger partial charge < -0.3 is 9.64 Å². The van der Waals surface area contributed by atoms with E-state index < -0.39 is 10.0 Å². The average Bonchev–Trinajstić information content (AvgIpc) is 2.44. The van der Waals surface area contributed by atoms with Crippen molar-refractivity contribution in [2.45, 2.75) is 25.7 Å². The summed E-state index contributed by atoms with van der Waals surface area (Å²) in [5.74, 6) is 0.371. The number of hydrogen-bond donors (Lipinski definition) is 0. The largest absolute Gasteiger partial charge is 0.497 e. The second-order valence-electron chi connectivity index (χ2n) is 5.26. The molecule has 0 saturated carbocycles. The van der Waals surface area contributed by atoms with Crippen molar-refractivity contribution in [2.75, 3.05) is 34.3 Å². The Morgan fingerprint density at radius 3 is 2.09 bits per heavy atom. The number of methoxy groups -OCH3 is 1. The minimum Gasteiger partial charge on any atom is -0.497 e. The first-order valence-electron chi connectivity index (χ1n) is 7.00. The third-order valence-electron chi connectivity index (χ3n) is 3.60. The van der Waals surface area contributed by atoms with E-state index in [0.717, 1.165) is 4.31 Å². The predicted molar refractivity (Wildman–Crippen MR) is 85.6 cm³/mol. The molecule has 0 heterocycles. The molecule has 0 N–H and O–H groups in total. The molecule has 0 aliphatic rings. The second-order valence-corrected chi connectivity index (χ2v) is 7.24. The maximum atomic E-state index is 12.7. The summed E-state index contributed by atoms with van der Waals surface area (Å²) in [5.41, 5.74) is 1.19. The zero-order chi connectivity index (χ0) is 17.1. The third kappa shape index (κ3) is 3.78. The minimum atomic E-state index is -3.73. The Morgan fingerprint density at radius 2 is 1.68 bits per heavy atom. The van der Waals surface area contributed by atoms with Crippen molar-refractivity contribution in [3.8, 4) is 5.75 Å². The molecule has 22 heavy (non-hydrogen) atoms. The Bertz CT molecular complexity index is 633. The highest BCUT2D eigenvalue weighted by molar-refractivity contribution is 7.89. The highest BCUT2D eigenvalue weighted by atomic mass is 32.2. The maximum absolute atomic E-state index is 12.7. The third-order valence-corrected chi connectivity index (χ3v) is 5.71. The van der Waals surface area contributed by atoms with Crippen molar-refractivity contribution in [1.82, 2.24) is 9.21 Å². The monoisotopic (exact) mass is 328 g/mol. The van der Waals surface area contributed by atoms with Crippen LogP contribution in [0.25, 0.3) is 0 Å². The van der Waals surface area contributed by atoms with Crippen LogP contribution in [0.2, 0.25) is 0 Å². The molecule has 0 radical (unpaired) electrons. The molecule has 1 rings (SSSR count). The number of likely N-dealkylation sites (N-methyl/N-ethyl adjacent to an activating group) is 2. The van der Waals surface area contributed by atoms with Gasteiger partial charge in [0.2, 0.25) is 15.9 Å². The Labute approximate surface area is 132 Å². The van der Waals surface area contributed by atoms with Gasteiger partial charge in [-0.1, -0.05) is 0 Å². The van der Waals surface area contributed by atoms with Gasteiger partial charge in [0.1, 0.15) is 5.75 Å². The molecular formula is C15H24N2O4S. The minimum absolute atomic E-state index is 0.183. The van der Waals surface area contributed by atoms with Crippen LogP contribution in [0.15, 0.2) is 17.0 Å². The molecule has 6 nitrogen and oxygen atoms in total. The number of ether oxygens (including phenoxy) is 1. The lowest BCUT2D eigenvalue weighted by Gasteiger charge is -2.22. The lowest BCUT2D eigenvalue weighted by molar-refractivity contribution is -0.129. The van der Waals surface area contributed by atoms with Gasteiger partial charge in [0.05, 0.1) is 18.6 Å². The van der Waals surface area contributed by atoms with E-state index in [0.29, 0.717) is 23.4 Å². The Hall–Kier alpha value is -1.60. The van der Waals surface area contributed by atoms with Crippen LogP contribution < -0.4 is 4.74 Å². The summed E-state index contributed by atoms with van der Waals surface area (Å²) in [6.07, 6.45) is 0. The number of hydrogen-bond acceptors (Lipinski definition) is 4. The highest BCUT2D eigenvalue weighted by Crippen LogP contribution is 2.27. The number of benzene rings is 1. The molecule has 0 aliphatic heterocycles. The number of rotatable bonds is 6. The first kappa shape index (κ1) is 18.4. The summed E-state index contributed by atoms with van der Waals surface area (Å²) in [7, 11) is 0.866. The predicted octanol–water partition coefficient (Wildman–Crippen LogP) is 1.41. The quantitative estimate of drug-likeness (QED) is 0.792. The number of carbonyl (C=O) groups is 1. The molecule has 0 aliphatic carbocycles. The van der Waals surface area contributed by atoms with Crippen molar-refractivity contribution in [3.05, 3.63) is 23.3 Å². The standard InChI is InChI=1S/C15H24N2O4S/c1-7-16(4)14(18)10-17(5)22(19,20)15-11(2)8-13(21-6)9-12(15)3/h8-9H,7,10H2,1-6H3. The molecule has 0 bridgehead atoms. The molecule has 0 saturated heterocycles. The summed E-state index contributed by atoms with van der Waals surface area (Å²) in [5, 5.41) is 0. The van der Waals surface area contributed by atoms with Gasteiger partial charge in [0.15, 0.2) is 0 Å². The molecule has 1 amide bonds. The topological polar surface area (TPSA) is 66.9 Å². The maximum Gasteiger partial charge on any atom is 0.243 e. The average molecular weight is 328 g/mol. The van der Waals surface area contributed by atoms with Crippen LogP contribution in [0.4, 0.5) is 0 Å². The van der Waals surface area contributed by atoms with E-state index in [-0.39, 0.29) is 17.3 Å². The van der Waals surface area contributed by atoms with E-state index in [1.165, 1.54) is 19.1 Å². The molecule has 124 valence electrons. The van der Waals surface area contributed by atoms with Crippen LogP contribution in [0.3, 0.4) is 0 Å². The smallest absolute Gasteiger partial charge is 0.243 e. The number of aryl methyl sites for hydroxylation is 2. The highest BCUT2D eigenvalue weighted by Gasteiger charge is 2.27. The van der Waals surface area contributed by atoms with Crippen molar-refractivity contribution >= 4 is 15.9 Å². The molecular weight excluding hydrogens is 304 g/mol. The Balaban J connectivity index is 3.17. The van der Waals surface area contributed by atoms with E-state index in [9.17, 15) is 13.2 Å². The number of carbonyl (C=O) groups excluding carboxylic acids is 1. The van der Waals surface area contributed by atoms with Crippen LogP contribution in [-0.2, 0) is 14.8 Å². The molecule has 0 aromatic heterocycles. The summed E-state index contributed by atoms with van der Waals surface area (Å²) in [6.45, 7) is 5.63. The van der Waals surface area contributed by atoms with Crippen LogP contribution in [0, 0.1) is 13.8 Å². The molecule has 1 aromatic rings. The van der Waals surface area contributed by atoms with Crippen LogP contribution in [-0.4, -0.2) is 57.8 Å². The van der Waals surface area contributed by atoms with Crippen molar-refractivity contribution in [1.29, 1.82) is 0 Å². The van der Waals surface area contributed by atoms with E-state index in [2.05, 4.69) is 0 Å². The van der Waals surface area contributed by atoms with Crippen molar-refractivity contribution in [2.24, 2.45) is 0 Å². The van der Waals surface area contributed by atoms with Crippen molar-refractivity contribution in [3.63, 3.8) is 0 Å². The number of nitrogens with zero attached hydrogens (tertiary/aromatic N) is 2. The van der Waals surface area contributed by atoms with Gasteiger partial charge in [-0.25, -0.2) is 8.42 Å². The van der Waals surface area contributed by atoms with Crippen LogP contribution in [0.5, 0.6) is 5.75 Å². The first-order chi connectivity index (χ1) is 10.1. The molecule has 0 unspecified atom stereocenters. The van der Waals surface area contributed by atoms with E-state index in [1.54, 1.807) is 33.0 Å². The van der Waals surface area contributed by atoms with Gasteiger partial charge in [0, 0.05) is 20.6 Å². The summed E-state index contributed by atoms with van der Waals surface area (Å²) >= 11 is 0. The second kappa shape index (κ2) is 7.11. The van der Waals surface area contributed by atoms with Crippen molar-refractivity contribution < 1.29 is 17.9 Å². The fourth-order valence-electron chi connectivity index (χ4n) is 2.16. The summed E-state index contributed by atoms with van der Waals surface area (Å²) in [6, 6.07) is 3.35. The van der Waals surface area contributed by atoms with Gasteiger partial charge in [0.25, 0.3) is 0 Å². The summed E-state index contributed by atoms with van der Waals surface area (Å²) < 4.78 is 31.7. The van der Waals surface area contributed by atoms with E-state index in [1.807, 2.05) is 6.92 Å². The Morgan fingerprint density at radius 1 is 1.18 bits per heavy atom. The van der Waals surface area contributed by atoms with Gasteiger partial charge in [-0.05, 0) is 44.0 Å². The van der Waals surface area contributed by atoms with Gasteiger partial charge >= 0.3 is 0 Å². The SMILES string of the molecule is CCN(C)C(=O)CN(C)S(=O)(=O)c1c(C)cc(OC)cc1C. The lowest BCUT2D eigenvalue weighted by Crippen LogP contribution is -2.39. The lowest BCUT2D eigenvalue weighted by atomic mass is 10.1. The Kier molecular flexibility index (Phi) is 5.96. The first-order valence-corrected chi connectivity index (χ1v) is 8.44. The zero-order valence-corrected chi connectivity index (χ0v) is 14.8. The molecule has 1 aromatic carbocycles. The molecule has 0 atom stereocenters. The van der Waals surface area contributed by atoms with Gasteiger partial charge in [-0.15, -0.1) is 0 Å². The fourth-order valence-corrected chi connectivity index (χ4v) is 3.69. The van der Waals surface area contributed by atoms with E-state index >= 15 is 0 Å². The molecule has 0 spiro atoms. The van der Waals surface area contributed by atoms with Crippen LogP contribution in [0.1, 0.15) is 18.1 Å². The normalized spacial score (nSPS) is 11.6. The zero-order valence-electron chi connectivity index (χ0n) is 14.0. The van der Waals surface area contributed by atoms with Gasteiger partial charge in [-0.3, -0.25) is 4.79 Å². The molecule has 7 heteroatoms. The van der Waals surface area contributed by atoms with Crippen LogP contribution >= 0.6 is 0 Å². The number of sulfonamides is 1. The van der Waals surface area contributed by atoms with Gasteiger partial charge in [-0.2, -0.15) is 4.31 Å². The molecule has 0 fully saturated rings. The fraction of sp³-hybridized carbons (Fsp3) is 0.533. The van der Waals surface area contributed by atoms with E-state index in [4.69, 9.17) is 4.74 Å².